The Balaban J connectivity index is 1.01. The fraction of sp³-hybridized carbons (Fsp3) is 0.221. The predicted octanol–water partition coefficient (Wildman–Crippen LogP) is 19.2. The Morgan fingerprint density at radius 3 is 1.59 bits per heavy atom. The van der Waals surface area contributed by atoms with Crippen molar-refractivity contribution >= 4 is 85.7 Å². The Morgan fingerprint density at radius 2 is 0.951 bits per heavy atom. The first kappa shape index (κ1) is 51.6. The monoisotopic (exact) mass is 1060 g/mol. The SMILES string of the molecule is Cc1cc2c3c(c1)N(c1ccc(C(C)(C)C)cc1-c1ccccc1)c1cc(-c4ccccc4)ccc1B3c1ccc(N3c4ccc(N(c5ccccc5)c5ccccc5)cc4C4(C)CCCCC34C)cc1N2c1ccc(C(C)(C)C)cc1. The Morgan fingerprint density at radius 1 is 0.415 bits per heavy atom. The number of benzene rings is 10. The van der Waals surface area contributed by atoms with Crippen LogP contribution in [0.3, 0.4) is 0 Å². The van der Waals surface area contributed by atoms with Crippen LogP contribution >= 0.6 is 0 Å². The molecular formula is C77H73BN4. The number of hydrogen-bond donors (Lipinski definition) is 0. The molecule has 1 saturated carbocycles. The summed E-state index contributed by atoms with van der Waals surface area (Å²) in [4.78, 5) is 10.4. The van der Waals surface area contributed by atoms with Gasteiger partial charge in [-0.25, -0.2) is 0 Å². The molecule has 0 radical (unpaired) electrons. The Hall–Kier alpha value is -8.54. The lowest BCUT2D eigenvalue weighted by Crippen LogP contribution is -2.61. The van der Waals surface area contributed by atoms with Crippen LogP contribution in [0.1, 0.15) is 103 Å². The van der Waals surface area contributed by atoms with Crippen molar-refractivity contribution in [2.75, 3.05) is 19.6 Å². The lowest BCUT2D eigenvalue weighted by molar-refractivity contribution is 0.195. The van der Waals surface area contributed by atoms with E-state index in [0.29, 0.717) is 0 Å². The van der Waals surface area contributed by atoms with Gasteiger partial charge in [0.1, 0.15) is 0 Å². The van der Waals surface area contributed by atoms with Crippen LogP contribution < -0.4 is 36.0 Å². The molecule has 0 bridgehead atoms. The highest BCUT2D eigenvalue weighted by Gasteiger charge is 2.58. The molecule has 14 rings (SSSR count). The van der Waals surface area contributed by atoms with Gasteiger partial charge in [0.25, 0.3) is 6.71 Å². The van der Waals surface area contributed by atoms with Crippen molar-refractivity contribution in [2.45, 2.75) is 110 Å². The maximum absolute atomic E-state index is 2.77. The summed E-state index contributed by atoms with van der Waals surface area (Å²) >= 11 is 0. The molecule has 0 amide bonds. The molecule has 4 nitrogen and oxygen atoms in total. The van der Waals surface area contributed by atoms with Crippen molar-refractivity contribution in [1.29, 1.82) is 0 Å². The van der Waals surface area contributed by atoms with Crippen LogP contribution in [-0.2, 0) is 16.2 Å². The van der Waals surface area contributed by atoms with Gasteiger partial charge in [0, 0.05) is 67.9 Å². The summed E-state index contributed by atoms with van der Waals surface area (Å²) in [5.41, 5.74) is 27.0. The average Bonchev–Trinajstić information content (AvgIpc) is 3.95. The van der Waals surface area contributed by atoms with Crippen LogP contribution in [0.5, 0.6) is 0 Å². The van der Waals surface area contributed by atoms with Gasteiger partial charge in [-0.15, -0.1) is 0 Å². The van der Waals surface area contributed by atoms with Gasteiger partial charge >= 0.3 is 0 Å². The lowest BCUT2D eigenvalue weighted by Gasteiger charge is -2.50. The number of para-hydroxylation sites is 2. The van der Waals surface area contributed by atoms with E-state index < -0.39 is 0 Å². The van der Waals surface area contributed by atoms with E-state index in [4.69, 9.17) is 0 Å². The summed E-state index contributed by atoms with van der Waals surface area (Å²) in [7, 11) is 0. The molecule has 1 aliphatic carbocycles. The van der Waals surface area contributed by atoms with Crippen molar-refractivity contribution in [3.8, 4) is 22.3 Å². The van der Waals surface area contributed by atoms with Crippen molar-refractivity contribution in [2.24, 2.45) is 0 Å². The van der Waals surface area contributed by atoms with E-state index in [-0.39, 0.29) is 28.5 Å². The van der Waals surface area contributed by atoms with E-state index in [1.54, 1.807) is 0 Å². The number of fused-ring (bicyclic) bond motifs is 7. The van der Waals surface area contributed by atoms with Gasteiger partial charge in [0.05, 0.1) is 11.2 Å². The second kappa shape index (κ2) is 19.3. The van der Waals surface area contributed by atoms with Crippen molar-refractivity contribution in [3.05, 3.63) is 253 Å². The first-order chi connectivity index (χ1) is 39.6. The highest BCUT2D eigenvalue weighted by atomic mass is 15.3. The zero-order chi connectivity index (χ0) is 56.3. The molecule has 2 atom stereocenters. The molecule has 3 heterocycles. The zero-order valence-corrected chi connectivity index (χ0v) is 49.1. The molecule has 2 unspecified atom stereocenters. The Bertz CT molecular complexity index is 4030. The van der Waals surface area contributed by atoms with Gasteiger partial charge < -0.3 is 19.6 Å². The third kappa shape index (κ3) is 8.24. The molecule has 1 fully saturated rings. The number of anilines is 11. The second-order valence-electron chi connectivity index (χ2n) is 26.2. The van der Waals surface area contributed by atoms with Crippen molar-refractivity contribution in [3.63, 3.8) is 0 Å². The molecule has 0 aromatic heterocycles. The first-order valence-electron chi connectivity index (χ1n) is 29.8. The van der Waals surface area contributed by atoms with Crippen LogP contribution in [-0.4, -0.2) is 12.3 Å². The van der Waals surface area contributed by atoms with Gasteiger partial charge in [0.15, 0.2) is 0 Å². The van der Waals surface area contributed by atoms with Crippen molar-refractivity contribution < 1.29 is 0 Å². The molecule has 10 aromatic rings. The topological polar surface area (TPSA) is 13.0 Å². The molecule has 404 valence electrons. The summed E-state index contributed by atoms with van der Waals surface area (Å²) in [6, 6.07) is 87.6. The number of rotatable bonds is 8. The molecule has 10 aromatic carbocycles. The number of aryl methyl sites for hydroxylation is 1. The van der Waals surface area contributed by atoms with E-state index in [0.717, 1.165) is 29.9 Å². The van der Waals surface area contributed by atoms with E-state index in [1.165, 1.54) is 119 Å². The average molecular weight is 1070 g/mol. The van der Waals surface area contributed by atoms with Gasteiger partial charge in [0.2, 0.25) is 0 Å². The molecule has 4 aliphatic rings. The first-order valence-corrected chi connectivity index (χ1v) is 29.8. The quantitative estimate of drug-likeness (QED) is 0.141. The standard InChI is InChI=1S/C77H73BN4/c1-52-46-71-73-72(47-52)81(67-42-35-57(75(5,6)7)49-63(67)54-26-16-11-17-27-54)69-48-55(53-24-14-10-15-25-53)32-40-65(69)78(73)66-41-38-62(51-70(66)80(71)60-36-33-56(34-37-60)74(2,3)4)82-68-43-39-61(50-64(68)76(8)44-22-23-45-77(76,82)9)79(58-28-18-12-19-29-58)59-30-20-13-21-31-59/h10-21,24-43,46-51H,22-23,44-45H2,1-9H3. The highest BCUT2D eigenvalue weighted by molar-refractivity contribution is 7.00. The van der Waals surface area contributed by atoms with Gasteiger partial charge in [-0.2, -0.15) is 0 Å². The Kier molecular flexibility index (Phi) is 12.1. The van der Waals surface area contributed by atoms with Crippen molar-refractivity contribution in [1.82, 2.24) is 0 Å². The van der Waals surface area contributed by atoms with E-state index >= 15 is 0 Å². The summed E-state index contributed by atoms with van der Waals surface area (Å²) in [6.45, 7) is 21.3. The minimum atomic E-state index is -0.176. The largest absolute Gasteiger partial charge is 0.334 e. The molecular weight excluding hydrogens is 992 g/mol. The summed E-state index contributed by atoms with van der Waals surface area (Å²) in [5.74, 6) is 0. The predicted molar refractivity (Wildman–Crippen MR) is 351 cm³/mol. The normalized spacial score (nSPS) is 17.9. The number of nitrogens with zero attached hydrogens (tertiary/aromatic N) is 4. The molecule has 0 N–H and O–H groups in total. The molecule has 3 aliphatic heterocycles. The van der Waals surface area contributed by atoms with E-state index in [9.17, 15) is 0 Å². The Labute approximate surface area is 487 Å². The van der Waals surface area contributed by atoms with E-state index in [1.807, 2.05) is 0 Å². The summed E-state index contributed by atoms with van der Waals surface area (Å²) in [6.07, 6.45) is 4.64. The van der Waals surface area contributed by atoms with E-state index in [2.05, 4.69) is 312 Å². The third-order valence-corrected chi connectivity index (χ3v) is 19.1. The fourth-order valence-corrected chi connectivity index (χ4v) is 14.6. The minimum absolute atomic E-state index is 0.00520. The maximum atomic E-state index is 2.77. The lowest BCUT2D eigenvalue weighted by atomic mass is 9.33. The van der Waals surface area contributed by atoms with Gasteiger partial charge in [-0.05, 0) is 190 Å². The van der Waals surface area contributed by atoms with Crippen LogP contribution in [0.4, 0.5) is 62.6 Å². The fourth-order valence-electron chi connectivity index (χ4n) is 14.6. The molecule has 82 heavy (non-hydrogen) atoms. The summed E-state index contributed by atoms with van der Waals surface area (Å²) < 4.78 is 0. The molecule has 0 spiro atoms. The smallest absolute Gasteiger partial charge is 0.252 e. The molecule has 5 heteroatoms. The van der Waals surface area contributed by atoms with Crippen LogP contribution in [0.15, 0.2) is 231 Å². The van der Waals surface area contributed by atoms with Gasteiger partial charge in [-0.1, -0.05) is 195 Å². The zero-order valence-electron chi connectivity index (χ0n) is 49.1. The third-order valence-electron chi connectivity index (χ3n) is 19.1. The second-order valence-corrected chi connectivity index (χ2v) is 26.2. The minimum Gasteiger partial charge on any atom is -0.334 e. The van der Waals surface area contributed by atoms with Crippen LogP contribution in [0.2, 0.25) is 0 Å². The van der Waals surface area contributed by atoms with Crippen LogP contribution in [0, 0.1) is 6.92 Å². The number of hydrogen-bond acceptors (Lipinski definition) is 4. The highest BCUT2D eigenvalue weighted by Crippen LogP contribution is 2.62. The molecule has 0 saturated heterocycles. The van der Waals surface area contributed by atoms with Gasteiger partial charge in [-0.3, -0.25) is 0 Å². The van der Waals surface area contributed by atoms with Crippen LogP contribution in [0.25, 0.3) is 22.3 Å². The summed E-state index contributed by atoms with van der Waals surface area (Å²) in [5, 5.41) is 0. The maximum Gasteiger partial charge on any atom is 0.252 e.